The number of alkyl halides is 1. The van der Waals surface area contributed by atoms with Crippen molar-refractivity contribution in [2.45, 2.75) is 12.8 Å². The Balaban J connectivity index is 2.05. The molecule has 19 heavy (non-hydrogen) atoms. The Morgan fingerprint density at radius 3 is 2.26 bits per heavy atom. The first kappa shape index (κ1) is 15.1. The Morgan fingerprint density at radius 1 is 0.947 bits per heavy atom. The summed E-state index contributed by atoms with van der Waals surface area (Å²) in [6, 6.07) is 16.6. The normalized spacial score (nSPS) is 12.4. The van der Waals surface area contributed by atoms with Crippen LogP contribution < -0.4 is 0 Å². The zero-order valence-corrected chi connectivity index (χ0v) is 14.1. The van der Waals surface area contributed by atoms with Gasteiger partial charge in [-0.05, 0) is 70.7 Å². The van der Waals surface area contributed by atoms with Gasteiger partial charge in [0, 0.05) is 14.5 Å². The second kappa shape index (κ2) is 7.51. The molecule has 0 aliphatic carbocycles. The first-order chi connectivity index (χ1) is 9.19. The number of rotatable bonds is 5. The maximum atomic E-state index is 6.20. The second-order valence-electron chi connectivity index (χ2n) is 4.65. The zero-order valence-electron chi connectivity index (χ0n) is 10.5. The van der Waals surface area contributed by atoms with Gasteiger partial charge in [-0.25, -0.2) is 0 Å². The molecule has 0 N–H and O–H groups in total. The van der Waals surface area contributed by atoms with Crippen molar-refractivity contribution in [3.8, 4) is 0 Å². The minimum Gasteiger partial charge on any atom is -0.126 e. The average Bonchev–Trinajstić information content (AvgIpc) is 2.43. The first-order valence-electron chi connectivity index (χ1n) is 6.23. The van der Waals surface area contributed by atoms with Crippen LogP contribution in [0, 0.1) is 9.49 Å². The van der Waals surface area contributed by atoms with Crippen molar-refractivity contribution >= 4 is 45.8 Å². The van der Waals surface area contributed by atoms with Gasteiger partial charge in [-0.15, -0.1) is 11.6 Å². The Bertz CT molecular complexity index is 523. The fourth-order valence-corrected chi connectivity index (χ4v) is 2.90. The quantitative estimate of drug-likeness (QED) is 0.450. The predicted octanol–water partition coefficient (Wildman–Crippen LogP) is 5.58. The minimum absolute atomic E-state index is 0.418. The van der Waals surface area contributed by atoms with Gasteiger partial charge in [-0.1, -0.05) is 41.9 Å². The minimum atomic E-state index is 0.418. The van der Waals surface area contributed by atoms with Gasteiger partial charge in [-0.2, -0.15) is 0 Å². The third-order valence-corrected chi connectivity index (χ3v) is 4.65. The van der Waals surface area contributed by atoms with Crippen molar-refractivity contribution in [1.29, 1.82) is 0 Å². The molecule has 3 heteroatoms. The van der Waals surface area contributed by atoms with Gasteiger partial charge in [-0.3, -0.25) is 0 Å². The van der Waals surface area contributed by atoms with E-state index in [1.54, 1.807) is 0 Å². The van der Waals surface area contributed by atoms with Crippen molar-refractivity contribution < 1.29 is 0 Å². The number of benzene rings is 2. The summed E-state index contributed by atoms with van der Waals surface area (Å²) in [5.74, 6) is 1.07. The number of hydrogen-bond donors (Lipinski definition) is 0. The summed E-state index contributed by atoms with van der Waals surface area (Å²) in [5, 5.41) is 0.834. The van der Waals surface area contributed by atoms with E-state index in [-0.39, 0.29) is 0 Å². The Kier molecular flexibility index (Phi) is 5.99. The molecule has 0 bridgehead atoms. The molecule has 0 saturated carbocycles. The van der Waals surface area contributed by atoms with Crippen LogP contribution in [0.3, 0.4) is 0 Å². The fourth-order valence-electron chi connectivity index (χ4n) is 2.11. The van der Waals surface area contributed by atoms with Crippen LogP contribution in [0.2, 0.25) is 5.02 Å². The molecule has 0 spiro atoms. The highest BCUT2D eigenvalue weighted by molar-refractivity contribution is 14.1. The molecule has 0 aliphatic rings. The van der Waals surface area contributed by atoms with E-state index in [0.29, 0.717) is 11.8 Å². The molecule has 0 saturated heterocycles. The maximum Gasteiger partial charge on any atom is 0.0438 e. The van der Waals surface area contributed by atoms with Crippen LogP contribution in [0.1, 0.15) is 11.1 Å². The summed E-state index contributed by atoms with van der Waals surface area (Å²) in [4.78, 5) is 0. The summed E-state index contributed by atoms with van der Waals surface area (Å²) in [6.07, 6.45) is 1.92. The highest BCUT2D eigenvalue weighted by atomic mass is 127. The van der Waals surface area contributed by atoms with Crippen LogP contribution in [0.4, 0.5) is 0 Å². The predicted molar refractivity (Wildman–Crippen MR) is 92.2 cm³/mol. The van der Waals surface area contributed by atoms with Gasteiger partial charge >= 0.3 is 0 Å². The third kappa shape index (κ3) is 4.66. The molecule has 0 amide bonds. The van der Waals surface area contributed by atoms with Crippen molar-refractivity contribution in [3.63, 3.8) is 0 Å². The first-order valence-corrected chi connectivity index (χ1v) is 8.22. The summed E-state index contributed by atoms with van der Waals surface area (Å²) >= 11 is 14.6. The Hall–Kier alpha value is -0.250. The third-order valence-electron chi connectivity index (χ3n) is 3.12. The van der Waals surface area contributed by atoms with Gasteiger partial charge in [0.25, 0.3) is 0 Å². The molecule has 0 radical (unpaired) electrons. The smallest absolute Gasteiger partial charge is 0.0438 e. The largest absolute Gasteiger partial charge is 0.126 e. The molecular weight excluding hydrogens is 390 g/mol. The van der Waals surface area contributed by atoms with E-state index < -0.39 is 0 Å². The van der Waals surface area contributed by atoms with Crippen molar-refractivity contribution in [3.05, 3.63) is 68.3 Å². The SMILES string of the molecule is ClCC(Cc1ccc(I)cc1)Cc1ccccc1Cl. The maximum absolute atomic E-state index is 6.20. The van der Waals surface area contributed by atoms with E-state index in [1.165, 1.54) is 14.7 Å². The summed E-state index contributed by atoms with van der Waals surface area (Å²) in [6.45, 7) is 0. The summed E-state index contributed by atoms with van der Waals surface area (Å²) < 4.78 is 1.26. The van der Waals surface area contributed by atoms with E-state index in [2.05, 4.69) is 52.9 Å². The average molecular weight is 405 g/mol. The van der Waals surface area contributed by atoms with Crippen molar-refractivity contribution in [2.24, 2.45) is 5.92 Å². The topological polar surface area (TPSA) is 0 Å². The molecule has 1 atom stereocenters. The molecule has 0 nitrogen and oxygen atoms in total. The lowest BCUT2D eigenvalue weighted by Crippen LogP contribution is -2.10. The van der Waals surface area contributed by atoms with Gasteiger partial charge in [0.2, 0.25) is 0 Å². The molecule has 2 aromatic carbocycles. The van der Waals surface area contributed by atoms with Crippen LogP contribution in [-0.2, 0) is 12.8 Å². The van der Waals surface area contributed by atoms with Crippen molar-refractivity contribution in [1.82, 2.24) is 0 Å². The van der Waals surface area contributed by atoms with E-state index in [9.17, 15) is 0 Å². The van der Waals surface area contributed by atoms with Gasteiger partial charge < -0.3 is 0 Å². The standard InChI is InChI=1S/C16H15Cl2I/c17-11-13(9-12-5-7-15(19)8-6-12)10-14-3-1-2-4-16(14)18/h1-8,13H,9-11H2. The molecule has 0 aliphatic heterocycles. The van der Waals surface area contributed by atoms with E-state index in [4.69, 9.17) is 23.2 Å². The molecule has 2 aromatic rings. The molecule has 0 heterocycles. The lowest BCUT2D eigenvalue weighted by molar-refractivity contribution is 0.584. The zero-order chi connectivity index (χ0) is 13.7. The lowest BCUT2D eigenvalue weighted by Gasteiger charge is -2.15. The number of halogens is 3. The van der Waals surface area contributed by atoms with Crippen LogP contribution in [-0.4, -0.2) is 5.88 Å². The highest BCUT2D eigenvalue weighted by Crippen LogP contribution is 2.22. The van der Waals surface area contributed by atoms with Crippen molar-refractivity contribution in [2.75, 3.05) is 5.88 Å². The van der Waals surface area contributed by atoms with Crippen LogP contribution >= 0.6 is 45.8 Å². The molecule has 0 aromatic heterocycles. The summed E-state index contributed by atoms with van der Waals surface area (Å²) in [7, 11) is 0. The monoisotopic (exact) mass is 404 g/mol. The lowest BCUT2D eigenvalue weighted by atomic mass is 9.94. The second-order valence-corrected chi connectivity index (χ2v) is 6.61. The van der Waals surface area contributed by atoms with E-state index in [1.807, 2.05) is 18.2 Å². The van der Waals surface area contributed by atoms with Crippen LogP contribution in [0.25, 0.3) is 0 Å². The van der Waals surface area contributed by atoms with Gasteiger partial charge in [0.1, 0.15) is 0 Å². The van der Waals surface area contributed by atoms with Gasteiger partial charge in [0.05, 0.1) is 0 Å². The Morgan fingerprint density at radius 2 is 1.63 bits per heavy atom. The number of hydrogen-bond acceptors (Lipinski definition) is 0. The molecule has 0 fully saturated rings. The Labute approximate surface area is 138 Å². The van der Waals surface area contributed by atoms with Crippen LogP contribution in [0.5, 0.6) is 0 Å². The van der Waals surface area contributed by atoms with Crippen LogP contribution in [0.15, 0.2) is 48.5 Å². The molecule has 100 valence electrons. The fraction of sp³-hybridized carbons (Fsp3) is 0.250. The summed E-state index contributed by atoms with van der Waals surface area (Å²) in [5.41, 5.74) is 2.51. The van der Waals surface area contributed by atoms with Gasteiger partial charge in [0.15, 0.2) is 0 Å². The molecule has 1 unspecified atom stereocenters. The molecule has 2 rings (SSSR count). The van der Waals surface area contributed by atoms with E-state index >= 15 is 0 Å². The molecular formula is C16H15Cl2I. The van der Waals surface area contributed by atoms with E-state index in [0.717, 1.165) is 17.9 Å². The highest BCUT2D eigenvalue weighted by Gasteiger charge is 2.11.